The van der Waals surface area contributed by atoms with E-state index in [1.54, 1.807) is 36.4 Å². The average molecular weight is 475 g/mol. The van der Waals surface area contributed by atoms with E-state index in [1.807, 2.05) is 0 Å². The normalized spacial score (nSPS) is 22.4. The van der Waals surface area contributed by atoms with Gasteiger partial charge >= 0.3 is 0 Å². The number of aliphatic hydroxyl groups is 3. The fraction of sp³-hybridized carbons (Fsp3) is 0.208. The third kappa shape index (κ3) is 3.58. The van der Waals surface area contributed by atoms with Gasteiger partial charge in [-0.2, -0.15) is 0 Å². The van der Waals surface area contributed by atoms with Gasteiger partial charge in [0.2, 0.25) is 17.2 Å². The number of nitrogens with two attached hydrogens (primary N) is 1. The molecule has 0 aliphatic carbocycles. The second-order valence-electron chi connectivity index (χ2n) is 8.17. The minimum atomic E-state index is -2.86. The maximum Gasteiger partial charge on any atom is 0.219 e. The summed E-state index contributed by atoms with van der Waals surface area (Å²) in [7, 11) is 0. The zero-order valence-electron chi connectivity index (χ0n) is 18.2. The van der Waals surface area contributed by atoms with Gasteiger partial charge in [-0.15, -0.1) is 0 Å². The molecule has 2 aromatic heterocycles. The number of rotatable bonds is 6. The van der Waals surface area contributed by atoms with E-state index >= 15 is 0 Å². The number of anilines is 1. The van der Waals surface area contributed by atoms with Crippen LogP contribution in [0.2, 0.25) is 0 Å². The van der Waals surface area contributed by atoms with Crippen molar-refractivity contribution in [3.63, 3.8) is 0 Å². The van der Waals surface area contributed by atoms with Crippen LogP contribution in [0.25, 0.3) is 11.2 Å². The Kier molecular flexibility index (Phi) is 5.61. The smallest absolute Gasteiger partial charge is 0.219 e. The van der Waals surface area contributed by atoms with Gasteiger partial charge < -0.3 is 25.8 Å². The number of Topliss-reactive ketones (excluding diaryl/α,β-unsaturated/α-hetero) is 2. The first-order valence-electron chi connectivity index (χ1n) is 10.7. The first-order chi connectivity index (χ1) is 16.8. The van der Waals surface area contributed by atoms with E-state index in [4.69, 9.17) is 10.5 Å². The monoisotopic (exact) mass is 475 g/mol. The molecule has 3 heterocycles. The quantitative estimate of drug-likeness (QED) is 0.227. The van der Waals surface area contributed by atoms with Crippen LogP contribution in [0, 0.1) is 0 Å². The molecule has 0 unspecified atom stereocenters. The number of carbonyl (C=O) groups excluding carboxylic acids is 2. The predicted molar refractivity (Wildman–Crippen MR) is 122 cm³/mol. The Balaban J connectivity index is 1.60. The van der Waals surface area contributed by atoms with E-state index in [-0.39, 0.29) is 28.1 Å². The number of ether oxygens (including phenoxy) is 1. The summed E-state index contributed by atoms with van der Waals surface area (Å²) in [5.74, 6) is -1.87. The number of nitrogen functional groups attached to an aromatic ring is 1. The van der Waals surface area contributed by atoms with Gasteiger partial charge in [0.25, 0.3) is 0 Å². The van der Waals surface area contributed by atoms with Crippen LogP contribution in [-0.4, -0.2) is 70.3 Å². The summed E-state index contributed by atoms with van der Waals surface area (Å²) in [5, 5.41) is 33.6. The highest BCUT2D eigenvalue weighted by atomic mass is 16.6. The van der Waals surface area contributed by atoms with Crippen molar-refractivity contribution in [1.82, 2.24) is 19.5 Å². The Morgan fingerprint density at radius 2 is 1.46 bits per heavy atom. The van der Waals surface area contributed by atoms with E-state index in [0.717, 1.165) is 0 Å². The number of hydrogen-bond acceptors (Lipinski definition) is 10. The van der Waals surface area contributed by atoms with Crippen LogP contribution >= 0.6 is 0 Å². The molecule has 11 heteroatoms. The van der Waals surface area contributed by atoms with Crippen LogP contribution < -0.4 is 5.73 Å². The Morgan fingerprint density at radius 3 is 2.03 bits per heavy atom. The van der Waals surface area contributed by atoms with E-state index in [9.17, 15) is 24.9 Å². The number of aromatic nitrogens is 4. The van der Waals surface area contributed by atoms with E-state index in [0.29, 0.717) is 0 Å². The number of fused-ring (bicyclic) bond motifs is 1. The van der Waals surface area contributed by atoms with Crippen molar-refractivity contribution in [2.24, 2.45) is 0 Å². The molecule has 0 amide bonds. The van der Waals surface area contributed by atoms with Gasteiger partial charge in [-0.05, 0) is 0 Å². The highest BCUT2D eigenvalue weighted by molar-refractivity contribution is 6.23. The molecule has 1 aliphatic rings. The average Bonchev–Trinajstić information content (AvgIpc) is 3.45. The van der Waals surface area contributed by atoms with E-state index < -0.39 is 41.7 Å². The number of ketones is 2. The molecule has 0 spiro atoms. The van der Waals surface area contributed by atoms with Crippen molar-refractivity contribution in [1.29, 1.82) is 0 Å². The summed E-state index contributed by atoms with van der Waals surface area (Å²) in [6, 6.07) is 15.4. The SMILES string of the molecule is Nc1ncnc2c1ncn2[C@@H]1O[C@H](C(O)(C(=O)c2ccccc2)C(=O)c2ccccc2)[C@@H](O)[C@H]1O. The van der Waals surface area contributed by atoms with Gasteiger partial charge in [0, 0.05) is 11.1 Å². The number of hydrogen-bond donors (Lipinski definition) is 4. The lowest BCUT2D eigenvalue weighted by atomic mass is 9.79. The first-order valence-corrected chi connectivity index (χ1v) is 10.7. The fourth-order valence-electron chi connectivity index (χ4n) is 4.27. The molecule has 1 saturated heterocycles. The van der Waals surface area contributed by atoms with Gasteiger partial charge in [-0.3, -0.25) is 14.2 Å². The molecule has 4 atom stereocenters. The molecular formula is C24H21N5O6. The van der Waals surface area contributed by atoms with Gasteiger partial charge in [0.1, 0.15) is 30.2 Å². The molecule has 11 nitrogen and oxygen atoms in total. The first kappa shape index (κ1) is 22.7. The zero-order chi connectivity index (χ0) is 24.7. The van der Waals surface area contributed by atoms with Gasteiger partial charge in [0.15, 0.2) is 17.7 Å². The maximum absolute atomic E-state index is 13.6. The Morgan fingerprint density at radius 1 is 0.886 bits per heavy atom. The highest BCUT2D eigenvalue weighted by Gasteiger charge is 2.61. The molecule has 1 fully saturated rings. The third-order valence-electron chi connectivity index (χ3n) is 6.08. The zero-order valence-corrected chi connectivity index (χ0v) is 18.2. The number of benzene rings is 2. The van der Waals surface area contributed by atoms with E-state index in [2.05, 4.69) is 15.0 Å². The van der Waals surface area contributed by atoms with Crippen LogP contribution in [0.1, 0.15) is 26.9 Å². The van der Waals surface area contributed by atoms with Crippen LogP contribution in [0.5, 0.6) is 0 Å². The molecule has 5 rings (SSSR count). The Bertz CT molecular complexity index is 1340. The number of carbonyl (C=O) groups is 2. The number of aliphatic hydroxyl groups excluding tert-OH is 2. The maximum atomic E-state index is 13.6. The van der Waals surface area contributed by atoms with Crippen molar-refractivity contribution in [3.05, 3.63) is 84.4 Å². The molecule has 0 bridgehead atoms. The number of imidazole rings is 1. The topological polar surface area (TPSA) is 174 Å². The van der Waals surface area contributed by atoms with Gasteiger partial charge in [-0.1, -0.05) is 60.7 Å². The summed E-state index contributed by atoms with van der Waals surface area (Å²) in [6.07, 6.45) is -4.16. The van der Waals surface area contributed by atoms with Crippen molar-refractivity contribution in [3.8, 4) is 0 Å². The third-order valence-corrected chi connectivity index (χ3v) is 6.08. The second-order valence-corrected chi connectivity index (χ2v) is 8.17. The molecule has 0 radical (unpaired) electrons. The Labute approximate surface area is 198 Å². The summed E-state index contributed by atoms with van der Waals surface area (Å²) in [4.78, 5) is 39.2. The Hall–Kier alpha value is -4.03. The van der Waals surface area contributed by atoms with Crippen molar-refractivity contribution < 1.29 is 29.6 Å². The summed E-state index contributed by atoms with van der Waals surface area (Å²) in [5.41, 5.74) is 3.46. The lowest BCUT2D eigenvalue weighted by Crippen LogP contribution is -2.60. The van der Waals surface area contributed by atoms with Crippen molar-refractivity contribution >= 4 is 28.5 Å². The lowest BCUT2D eigenvalue weighted by Gasteiger charge is -2.32. The van der Waals surface area contributed by atoms with Crippen LogP contribution in [0.15, 0.2) is 73.3 Å². The van der Waals surface area contributed by atoms with Crippen LogP contribution in [0.4, 0.5) is 5.82 Å². The molecule has 35 heavy (non-hydrogen) atoms. The van der Waals surface area contributed by atoms with Crippen molar-refractivity contribution in [2.75, 3.05) is 5.73 Å². The molecule has 178 valence electrons. The minimum absolute atomic E-state index is 0.0293. The molecule has 4 aromatic rings. The van der Waals surface area contributed by atoms with E-state index in [1.165, 1.54) is 41.5 Å². The fourth-order valence-corrected chi connectivity index (χ4v) is 4.27. The lowest BCUT2D eigenvalue weighted by molar-refractivity contribution is -0.102. The minimum Gasteiger partial charge on any atom is -0.387 e. The highest BCUT2D eigenvalue weighted by Crippen LogP contribution is 2.39. The summed E-state index contributed by atoms with van der Waals surface area (Å²) in [6.45, 7) is 0. The molecule has 5 N–H and O–H groups in total. The summed E-state index contributed by atoms with van der Waals surface area (Å²) < 4.78 is 7.15. The van der Waals surface area contributed by atoms with Gasteiger partial charge in [0.05, 0.1) is 6.33 Å². The van der Waals surface area contributed by atoms with Crippen LogP contribution in [-0.2, 0) is 4.74 Å². The molecule has 0 saturated carbocycles. The second kappa shape index (κ2) is 8.64. The predicted octanol–water partition coefficient (Wildman–Crippen LogP) is 0.525. The molecule has 2 aromatic carbocycles. The van der Waals surface area contributed by atoms with Crippen LogP contribution in [0.3, 0.4) is 0 Å². The van der Waals surface area contributed by atoms with Gasteiger partial charge in [-0.25, -0.2) is 15.0 Å². The molecule has 1 aliphatic heterocycles. The summed E-state index contributed by atoms with van der Waals surface area (Å²) >= 11 is 0. The van der Waals surface area contributed by atoms with Crippen molar-refractivity contribution in [2.45, 2.75) is 30.1 Å². The standard InChI is InChI=1S/C24H21N5O6/c25-21-15-22(27-11-26-21)29(12-28-15)23-17(31)16(30)20(35-23)24(34,18(32)13-7-3-1-4-8-13)19(33)14-9-5-2-6-10-14/h1-12,16-17,20,23,30-31,34H,(H2,25,26,27)/t16-,17+,20-,23+/m0/s1. The largest absolute Gasteiger partial charge is 0.387 e. The molecular weight excluding hydrogens is 454 g/mol. The number of nitrogens with zero attached hydrogens (tertiary/aromatic N) is 4.